The van der Waals surface area contributed by atoms with Gasteiger partial charge < -0.3 is 10.2 Å². The van der Waals surface area contributed by atoms with Crippen molar-refractivity contribution >= 4 is 16.6 Å². The molecule has 2 rings (SSSR count). The van der Waals surface area contributed by atoms with Gasteiger partial charge in [0.15, 0.2) is 0 Å². The largest absolute Gasteiger partial charge is 0.378 e. The lowest BCUT2D eigenvalue weighted by Crippen LogP contribution is -2.09. The fourth-order valence-corrected chi connectivity index (χ4v) is 2.00. The van der Waals surface area contributed by atoms with Crippen molar-refractivity contribution in [2.45, 2.75) is 26.4 Å². The lowest BCUT2D eigenvalue weighted by molar-refractivity contribution is 0.182. The van der Waals surface area contributed by atoms with Crippen LogP contribution in [0, 0.1) is 0 Å². The highest BCUT2D eigenvalue weighted by Crippen LogP contribution is 2.26. The zero-order valence-electron chi connectivity index (χ0n) is 11.0. The first-order valence-electron chi connectivity index (χ1n) is 6.05. The highest BCUT2D eigenvalue weighted by atomic mass is 16.5. The van der Waals surface area contributed by atoms with E-state index < -0.39 is 0 Å². The first kappa shape index (κ1) is 12.8. The number of pyridine rings is 1. The Kier molecular flexibility index (Phi) is 3.79. The number of hydrogen-bond acceptors (Lipinski definition) is 4. The molecule has 0 aliphatic heterocycles. The summed E-state index contributed by atoms with van der Waals surface area (Å²) in [6.45, 7) is 4.82. The molecule has 4 heteroatoms. The summed E-state index contributed by atoms with van der Waals surface area (Å²) >= 11 is 0. The van der Waals surface area contributed by atoms with Crippen molar-refractivity contribution in [2.24, 2.45) is 5.84 Å². The lowest BCUT2D eigenvalue weighted by Gasteiger charge is -2.11. The first-order valence-corrected chi connectivity index (χ1v) is 6.05. The molecule has 0 aliphatic carbocycles. The molecule has 1 heterocycles. The van der Waals surface area contributed by atoms with Gasteiger partial charge >= 0.3 is 0 Å². The topological polar surface area (TPSA) is 60.2 Å². The van der Waals surface area contributed by atoms with Crippen LogP contribution < -0.4 is 11.3 Å². The predicted octanol–water partition coefficient (Wildman–Crippen LogP) is 2.79. The smallest absolute Gasteiger partial charge is 0.0885 e. The second-order valence-electron chi connectivity index (χ2n) is 4.67. The van der Waals surface area contributed by atoms with E-state index in [2.05, 4.69) is 36.4 Å². The number of fused-ring (bicyclic) bond motifs is 1. The third-order valence-electron chi connectivity index (χ3n) is 3.00. The van der Waals surface area contributed by atoms with E-state index in [0.717, 1.165) is 22.3 Å². The Morgan fingerprint density at radius 2 is 2.11 bits per heavy atom. The van der Waals surface area contributed by atoms with Crippen molar-refractivity contribution in [1.82, 2.24) is 4.98 Å². The minimum Gasteiger partial charge on any atom is -0.378 e. The number of hydrazine groups is 1. The van der Waals surface area contributed by atoms with Crippen molar-refractivity contribution in [3.63, 3.8) is 0 Å². The molecule has 1 aromatic heterocycles. The molecule has 1 aromatic carbocycles. The number of nitrogen functional groups attached to an aromatic ring is 1. The Hall–Kier alpha value is -1.65. The van der Waals surface area contributed by atoms with Crippen LogP contribution in [0.4, 0.5) is 5.69 Å². The van der Waals surface area contributed by atoms with E-state index in [-0.39, 0.29) is 0 Å². The summed E-state index contributed by atoms with van der Waals surface area (Å²) in [7, 11) is 1.66. The van der Waals surface area contributed by atoms with Crippen LogP contribution in [0.15, 0.2) is 24.3 Å². The van der Waals surface area contributed by atoms with Crippen molar-refractivity contribution in [3.8, 4) is 0 Å². The fourth-order valence-electron chi connectivity index (χ4n) is 2.00. The summed E-state index contributed by atoms with van der Waals surface area (Å²) in [6, 6.07) is 8.20. The summed E-state index contributed by atoms with van der Waals surface area (Å²) in [5, 5.41) is 1.04. The van der Waals surface area contributed by atoms with E-state index in [9.17, 15) is 0 Å². The third kappa shape index (κ3) is 2.44. The number of rotatable bonds is 4. The molecule has 18 heavy (non-hydrogen) atoms. The zero-order valence-corrected chi connectivity index (χ0v) is 11.0. The monoisotopic (exact) mass is 245 g/mol. The normalized spacial score (nSPS) is 11.2. The summed E-state index contributed by atoms with van der Waals surface area (Å²) in [5.74, 6) is 6.07. The number of methoxy groups -OCH3 is 1. The summed E-state index contributed by atoms with van der Waals surface area (Å²) in [5.41, 5.74) is 6.70. The predicted molar refractivity (Wildman–Crippen MR) is 74.4 cm³/mol. The molecule has 0 spiro atoms. The van der Waals surface area contributed by atoms with Crippen LogP contribution in [0.1, 0.15) is 31.0 Å². The SMILES string of the molecule is COCc1cc(NN)c2cc(C(C)C)ccc2n1. The molecule has 0 saturated heterocycles. The fraction of sp³-hybridized carbons (Fsp3) is 0.357. The van der Waals surface area contributed by atoms with Gasteiger partial charge in [0.2, 0.25) is 0 Å². The molecule has 0 fully saturated rings. The molecule has 0 saturated carbocycles. The number of nitrogens with zero attached hydrogens (tertiary/aromatic N) is 1. The van der Waals surface area contributed by atoms with E-state index in [1.165, 1.54) is 5.56 Å². The van der Waals surface area contributed by atoms with Gasteiger partial charge in [0.1, 0.15) is 0 Å². The number of nitrogens with one attached hydrogen (secondary N) is 1. The molecule has 0 aliphatic rings. The van der Waals surface area contributed by atoms with Crippen molar-refractivity contribution in [1.29, 1.82) is 0 Å². The Morgan fingerprint density at radius 1 is 1.33 bits per heavy atom. The minimum atomic E-state index is 0.483. The van der Waals surface area contributed by atoms with Crippen LogP contribution in [0.3, 0.4) is 0 Å². The second-order valence-corrected chi connectivity index (χ2v) is 4.67. The van der Waals surface area contributed by atoms with Gasteiger partial charge in [-0.05, 0) is 29.7 Å². The van der Waals surface area contributed by atoms with E-state index in [0.29, 0.717) is 12.5 Å². The number of benzene rings is 1. The average Bonchev–Trinajstić information content (AvgIpc) is 2.37. The molecule has 0 atom stereocenters. The second kappa shape index (κ2) is 5.33. The maximum absolute atomic E-state index is 5.59. The van der Waals surface area contributed by atoms with Gasteiger partial charge in [-0.3, -0.25) is 10.8 Å². The molecule has 4 nitrogen and oxygen atoms in total. The molecule has 0 bridgehead atoms. The van der Waals surface area contributed by atoms with E-state index in [4.69, 9.17) is 10.6 Å². The van der Waals surface area contributed by atoms with Gasteiger partial charge in [-0.2, -0.15) is 0 Å². The quantitative estimate of drug-likeness (QED) is 0.642. The molecule has 96 valence electrons. The number of ether oxygens (including phenoxy) is 1. The molecule has 3 N–H and O–H groups in total. The van der Waals surface area contributed by atoms with Crippen LogP contribution >= 0.6 is 0 Å². The maximum Gasteiger partial charge on any atom is 0.0885 e. The van der Waals surface area contributed by atoms with Gasteiger partial charge in [0.25, 0.3) is 0 Å². The lowest BCUT2D eigenvalue weighted by atomic mass is 10.0. The Morgan fingerprint density at radius 3 is 2.72 bits per heavy atom. The molecule has 2 aromatic rings. The molecule has 0 amide bonds. The van der Waals surface area contributed by atoms with Crippen LogP contribution in [0.5, 0.6) is 0 Å². The average molecular weight is 245 g/mol. The summed E-state index contributed by atoms with van der Waals surface area (Å²) in [6.07, 6.45) is 0. The number of anilines is 1. The Bertz CT molecular complexity index is 552. The van der Waals surface area contributed by atoms with Gasteiger partial charge in [0.05, 0.1) is 23.5 Å². The van der Waals surface area contributed by atoms with Crippen LogP contribution in [0.2, 0.25) is 0 Å². The van der Waals surface area contributed by atoms with Gasteiger partial charge in [-0.15, -0.1) is 0 Å². The number of hydrogen-bond donors (Lipinski definition) is 2. The van der Waals surface area contributed by atoms with Crippen LogP contribution in [0.25, 0.3) is 10.9 Å². The van der Waals surface area contributed by atoms with Gasteiger partial charge in [0, 0.05) is 12.5 Å². The number of aromatic nitrogens is 1. The first-order chi connectivity index (χ1) is 8.65. The van der Waals surface area contributed by atoms with Crippen LogP contribution in [-0.4, -0.2) is 12.1 Å². The highest BCUT2D eigenvalue weighted by molar-refractivity contribution is 5.91. The maximum atomic E-state index is 5.59. The van der Waals surface area contributed by atoms with Crippen molar-refractivity contribution in [2.75, 3.05) is 12.5 Å². The van der Waals surface area contributed by atoms with E-state index in [1.54, 1.807) is 7.11 Å². The molecular weight excluding hydrogens is 226 g/mol. The molecule has 0 unspecified atom stereocenters. The van der Waals surface area contributed by atoms with E-state index >= 15 is 0 Å². The van der Waals surface area contributed by atoms with Gasteiger partial charge in [-0.1, -0.05) is 19.9 Å². The van der Waals surface area contributed by atoms with Crippen molar-refractivity contribution in [3.05, 3.63) is 35.5 Å². The number of nitrogens with two attached hydrogens (primary N) is 1. The highest BCUT2D eigenvalue weighted by Gasteiger charge is 2.07. The van der Waals surface area contributed by atoms with Crippen molar-refractivity contribution < 1.29 is 4.74 Å². The van der Waals surface area contributed by atoms with E-state index in [1.807, 2.05) is 12.1 Å². The summed E-state index contributed by atoms with van der Waals surface area (Å²) < 4.78 is 5.11. The zero-order chi connectivity index (χ0) is 13.1. The standard InChI is InChI=1S/C14H19N3O/c1-9(2)10-4-5-13-12(6-10)14(17-15)7-11(16-13)8-18-3/h4-7,9H,8,15H2,1-3H3,(H,16,17). The molecular formula is C14H19N3O. The minimum absolute atomic E-state index is 0.483. The Labute approximate surface area is 107 Å². The third-order valence-corrected chi connectivity index (χ3v) is 3.00. The Balaban J connectivity index is 2.59. The molecule has 0 radical (unpaired) electrons. The van der Waals surface area contributed by atoms with Gasteiger partial charge in [-0.25, -0.2) is 0 Å². The summed E-state index contributed by atoms with van der Waals surface area (Å²) in [4.78, 5) is 4.55. The van der Waals surface area contributed by atoms with Crippen LogP contribution in [-0.2, 0) is 11.3 Å².